The summed E-state index contributed by atoms with van der Waals surface area (Å²) in [6.45, 7) is 7.48. The van der Waals surface area contributed by atoms with E-state index >= 15 is 0 Å². The molecular weight excluding hydrogens is 372 g/mol. The lowest BCUT2D eigenvalue weighted by Crippen LogP contribution is -2.05. The lowest BCUT2D eigenvalue weighted by atomic mass is 9.93. The van der Waals surface area contributed by atoms with Gasteiger partial charge in [0.15, 0.2) is 0 Å². The Morgan fingerprint density at radius 3 is 2.87 bits per heavy atom. The lowest BCUT2D eigenvalue weighted by molar-refractivity contribution is 0.555. The third kappa shape index (κ3) is 3.32. The Bertz CT molecular complexity index is 1190. The van der Waals surface area contributed by atoms with Gasteiger partial charge < -0.3 is 4.57 Å². The highest BCUT2D eigenvalue weighted by Crippen LogP contribution is 2.38. The van der Waals surface area contributed by atoms with E-state index in [9.17, 15) is 0 Å². The van der Waals surface area contributed by atoms with Gasteiger partial charge in [0.05, 0.1) is 17.7 Å². The van der Waals surface area contributed by atoms with Crippen LogP contribution in [0.4, 0.5) is 0 Å². The summed E-state index contributed by atoms with van der Waals surface area (Å²) in [5.41, 5.74) is 9.10. The summed E-state index contributed by atoms with van der Waals surface area (Å²) in [4.78, 5) is 9.16. The molecule has 0 amide bonds. The molecule has 3 heterocycles. The highest BCUT2D eigenvalue weighted by atomic mass is 15.3. The minimum absolute atomic E-state index is 0.540. The van der Waals surface area contributed by atoms with Crippen molar-refractivity contribution in [3.8, 4) is 22.6 Å². The molecule has 6 heteroatoms. The number of aryl methyl sites for hydroxylation is 1. The van der Waals surface area contributed by atoms with E-state index in [1.54, 1.807) is 11.8 Å². The van der Waals surface area contributed by atoms with Crippen LogP contribution in [0.3, 0.4) is 0 Å². The second-order valence-electron chi connectivity index (χ2n) is 8.48. The molecule has 0 bridgehead atoms. The number of aromatic amines is 1. The maximum absolute atomic E-state index is 4.63. The first-order chi connectivity index (χ1) is 14.6. The molecule has 30 heavy (non-hydrogen) atoms. The summed E-state index contributed by atoms with van der Waals surface area (Å²) in [5, 5.41) is 10.9. The molecule has 1 N–H and O–H groups in total. The van der Waals surface area contributed by atoms with Crippen molar-refractivity contribution in [1.29, 1.82) is 0 Å². The number of nitrogens with zero attached hydrogens (tertiary/aromatic N) is 5. The van der Waals surface area contributed by atoms with E-state index in [-0.39, 0.29) is 0 Å². The van der Waals surface area contributed by atoms with Crippen molar-refractivity contribution >= 4 is 0 Å². The predicted octanol–water partition coefficient (Wildman–Crippen LogP) is 4.89. The topological polar surface area (TPSA) is 72.3 Å². The van der Waals surface area contributed by atoms with Gasteiger partial charge in [-0.3, -0.25) is 10.1 Å². The van der Waals surface area contributed by atoms with E-state index in [0.717, 1.165) is 34.9 Å². The second-order valence-corrected chi connectivity index (χ2v) is 8.48. The van der Waals surface area contributed by atoms with Gasteiger partial charge in [0.2, 0.25) is 0 Å². The number of imidazole rings is 1. The Morgan fingerprint density at radius 1 is 1.17 bits per heavy atom. The average Bonchev–Trinajstić information content (AvgIpc) is 3.48. The van der Waals surface area contributed by atoms with Crippen molar-refractivity contribution in [1.82, 2.24) is 29.9 Å². The number of fused-ring (bicyclic) bond motifs is 1. The van der Waals surface area contributed by atoms with Crippen LogP contribution in [-0.2, 0) is 13.0 Å². The summed E-state index contributed by atoms with van der Waals surface area (Å²) < 4.78 is 2.20. The number of pyridine rings is 1. The van der Waals surface area contributed by atoms with E-state index < -0.39 is 0 Å². The van der Waals surface area contributed by atoms with Gasteiger partial charge in [-0.05, 0) is 54.5 Å². The fourth-order valence-corrected chi connectivity index (χ4v) is 4.62. The van der Waals surface area contributed by atoms with Crippen molar-refractivity contribution in [2.75, 3.05) is 0 Å². The summed E-state index contributed by atoms with van der Waals surface area (Å²) in [5.74, 6) is 1.11. The lowest BCUT2D eigenvalue weighted by Gasteiger charge is -2.15. The first-order valence-corrected chi connectivity index (χ1v) is 10.6. The van der Waals surface area contributed by atoms with E-state index in [2.05, 4.69) is 68.2 Å². The first-order valence-electron chi connectivity index (χ1n) is 10.6. The molecule has 3 aromatic heterocycles. The molecule has 0 spiro atoms. The largest absolute Gasteiger partial charge is 0.336 e. The van der Waals surface area contributed by atoms with Crippen LogP contribution in [0, 0.1) is 6.92 Å². The zero-order chi connectivity index (χ0) is 20.7. The van der Waals surface area contributed by atoms with E-state index in [1.807, 2.05) is 25.4 Å². The molecule has 0 saturated carbocycles. The molecular formula is C24H26N6. The minimum Gasteiger partial charge on any atom is -0.336 e. The van der Waals surface area contributed by atoms with Crippen molar-refractivity contribution in [2.45, 2.75) is 52.0 Å². The molecule has 0 fully saturated rings. The van der Waals surface area contributed by atoms with Crippen molar-refractivity contribution in [3.63, 3.8) is 0 Å². The SMILES string of the molecule is Cc1[nH]nnc1-c1ccnc(-c2cn(C[C@H]3CCc4c(C(C)C)cccc43)cn2)c1. The van der Waals surface area contributed by atoms with Gasteiger partial charge in [0, 0.05) is 30.4 Å². The summed E-state index contributed by atoms with van der Waals surface area (Å²) >= 11 is 0. The molecule has 6 nitrogen and oxygen atoms in total. The molecule has 1 aromatic carbocycles. The molecule has 1 atom stereocenters. The minimum atomic E-state index is 0.540. The molecule has 1 aliphatic carbocycles. The quantitative estimate of drug-likeness (QED) is 0.519. The van der Waals surface area contributed by atoms with Gasteiger partial charge in [0.1, 0.15) is 11.4 Å². The van der Waals surface area contributed by atoms with E-state index in [4.69, 9.17) is 0 Å². The molecule has 0 radical (unpaired) electrons. The van der Waals surface area contributed by atoms with Gasteiger partial charge in [-0.25, -0.2) is 4.98 Å². The average molecular weight is 399 g/mol. The second kappa shape index (κ2) is 7.52. The predicted molar refractivity (Wildman–Crippen MR) is 117 cm³/mol. The van der Waals surface area contributed by atoms with Gasteiger partial charge in [-0.2, -0.15) is 0 Å². The van der Waals surface area contributed by atoms with Crippen LogP contribution >= 0.6 is 0 Å². The molecule has 5 rings (SSSR count). The molecule has 1 aliphatic rings. The smallest absolute Gasteiger partial charge is 0.115 e. The summed E-state index contributed by atoms with van der Waals surface area (Å²) in [6, 6.07) is 10.8. The van der Waals surface area contributed by atoms with Crippen LogP contribution in [0.5, 0.6) is 0 Å². The van der Waals surface area contributed by atoms with Crippen LogP contribution in [0.15, 0.2) is 49.1 Å². The van der Waals surface area contributed by atoms with Crippen molar-refractivity contribution in [2.24, 2.45) is 0 Å². The highest BCUT2D eigenvalue weighted by molar-refractivity contribution is 5.67. The number of nitrogens with one attached hydrogen (secondary N) is 1. The standard InChI is InChI=1S/C24H26N6/c1-15(2)19-5-4-6-20-18(7-8-21(19)20)12-30-13-23(26-14-30)22-11-17(9-10-25-22)24-16(3)27-29-28-24/h4-6,9-11,13-15,18H,7-8,12H2,1-3H3,(H,27,28,29)/t18-/m1/s1. The third-order valence-corrected chi connectivity index (χ3v) is 6.14. The summed E-state index contributed by atoms with van der Waals surface area (Å²) in [6.07, 6.45) is 8.21. The molecule has 152 valence electrons. The maximum Gasteiger partial charge on any atom is 0.115 e. The van der Waals surface area contributed by atoms with Gasteiger partial charge in [-0.15, -0.1) is 5.10 Å². The van der Waals surface area contributed by atoms with Crippen molar-refractivity contribution < 1.29 is 0 Å². The van der Waals surface area contributed by atoms with Crippen LogP contribution in [0.25, 0.3) is 22.6 Å². The van der Waals surface area contributed by atoms with Crippen LogP contribution in [0.1, 0.15) is 54.5 Å². The first kappa shape index (κ1) is 18.7. The number of benzene rings is 1. The molecule has 0 saturated heterocycles. The number of hydrogen-bond donors (Lipinski definition) is 1. The number of H-pyrrole nitrogens is 1. The maximum atomic E-state index is 4.63. The molecule has 4 aromatic rings. The Balaban J connectivity index is 1.38. The van der Waals surface area contributed by atoms with Gasteiger partial charge in [-0.1, -0.05) is 37.3 Å². The fourth-order valence-electron chi connectivity index (χ4n) is 4.62. The zero-order valence-corrected chi connectivity index (χ0v) is 17.6. The normalized spacial score (nSPS) is 15.7. The molecule has 0 aliphatic heterocycles. The molecule has 0 unspecified atom stereocenters. The summed E-state index contributed by atoms with van der Waals surface area (Å²) in [7, 11) is 0. The Kier molecular flexibility index (Phi) is 4.69. The third-order valence-electron chi connectivity index (χ3n) is 6.14. The number of aromatic nitrogens is 6. The Hall–Kier alpha value is -3.28. The Morgan fingerprint density at radius 2 is 2.07 bits per heavy atom. The van der Waals surface area contributed by atoms with Gasteiger partial charge >= 0.3 is 0 Å². The Labute approximate surface area is 176 Å². The highest BCUT2D eigenvalue weighted by Gasteiger charge is 2.25. The van der Waals surface area contributed by atoms with E-state index in [1.165, 1.54) is 24.0 Å². The monoisotopic (exact) mass is 398 g/mol. The van der Waals surface area contributed by atoms with Crippen LogP contribution in [-0.4, -0.2) is 29.9 Å². The number of rotatable bonds is 5. The van der Waals surface area contributed by atoms with E-state index in [0.29, 0.717) is 11.8 Å². The van der Waals surface area contributed by atoms with Crippen molar-refractivity contribution in [3.05, 3.63) is 71.4 Å². The fraction of sp³-hybridized carbons (Fsp3) is 0.333. The zero-order valence-electron chi connectivity index (χ0n) is 17.6. The van der Waals surface area contributed by atoms with Crippen LogP contribution < -0.4 is 0 Å². The number of hydrogen-bond acceptors (Lipinski definition) is 4. The van der Waals surface area contributed by atoms with Gasteiger partial charge in [0.25, 0.3) is 0 Å². The van der Waals surface area contributed by atoms with Crippen LogP contribution in [0.2, 0.25) is 0 Å².